The molecule has 5 nitrogen and oxygen atoms in total. The number of morpholine rings is 1. The lowest BCUT2D eigenvalue weighted by Gasteiger charge is -2.35. The van der Waals surface area contributed by atoms with Gasteiger partial charge in [-0.05, 0) is 73.8 Å². The predicted molar refractivity (Wildman–Crippen MR) is 121 cm³/mol. The minimum atomic E-state index is -0.0490. The van der Waals surface area contributed by atoms with E-state index in [1.165, 1.54) is 11.1 Å². The fraction of sp³-hybridized carbons (Fsp3) is 0.417. The second-order valence-corrected chi connectivity index (χ2v) is 8.49. The van der Waals surface area contributed by atoms with Gasteiger partial charge >= 0.3 is 0 Å². The molecular weight excluding hydrogens is 396 g/mol. The van der Waals surface area contributed by atoms with Crippen LogP contribution in [-0.2, 0) is 17.6 Å². The normalized spacial score (nSPS) is 18.7. The van der Waals surface area contributed by atoms with Gasteiger partial charge < -0.3 is 19.7 Å². The van der Waals surface area contributed by atoms with E-state index in [1.54, 1.807) is 6.92 Å². The van der Waals surface area contributed by atoms with Crippen molar-refractivity contribution in [2.45, 2.75) is 38.8 Å². The van der Waals surface area contributed by atoms with E-state index in [0.717, 1.165) is 41.4 Å². The molecule has 0 aromatic heterocycles. The summed E-state index contributed by atoms with van der Waals surface area (Å²) in [5.41, 5.74) is 4.48. The van der Waals surface area contributed by atoms with Crippen LogP contribution in [0.4, 0.5) is 0 Å². The predicted octanol–water partition coefficient (Wildman–Crippen LogP) is 3.32. The van der Waals surface area contributed by atoms with Gasteiger partial charge in [-0.1, -0.05) is 24.3 Å². The van der Waals surface area contributed by atoms with E-state index in [0.29, 0.717) is 25.8 Å². The first-order chi connectivity index (χ1) is 14.5. The summed E-state index contributed by atoms with van der Waals surface area (Å²) in [5.74, 6) is 0.819. The van der Waals surface area contributed by atoms with Crippen LogP contribution in [0.1, 0.15) is 34.0 Å². The molecule has 2 aromatic carbocycles. The molecule has 1 fully saturated rings. The highest BCUT2D eigenvalue weighted by Crippen LogP contribution is 2.22. The number of carbonyl (C=O) groups is 1. The SMILES string of the molecule is CC(=O)c1ccc(OCC2CN(C(=S)NC3Cc4ccccc4C3)CCO2)cc1C. The van der Waals surface area contributed by atoms with E-state index in [4.69, 9.17) is 21.7 Å². The van der Waals surface area contributed by atoms with Gasteiger partial charge in [0, 0.05) is 24.7 Å². The number of hydrogen-bond acceptors (Lipinski definition) is 4. The van der Waals surface area contributed by atoms with Crippen LogP contribution < -0.4 is 10.1 Å². The van der Waals surface area contributed by atoms with Gasteiger partial charge in [-0.15, -0.1) is 0 Å². The second-order valence-electron chi connectivity index (χ2n) is 8.11. The van der Waals surface area contributed by atoms with E-state index in [9.17, 15) is 4.79 Å². The number of Topliss-reactive ketones (excluding diaryl/α,β-unsaturated/α-hetero) is 1. The maximum atomic E-state index is 11.6. The summed E-state index contributed by atoms with van der Waals surface area (Å²) in [6.07, 6.45) is 1.98. The molecule has 1 saturated heterocycles. The third-order valence-corrected chi connectivity index (χ3v) is 6.19. The molecule has 1 unspecified atom stereocenters. The number of hydrogen-bond donors (Lipinski definition) is 1. The van der Waals surface area contributed by atoms with E-state index in [2.05, 4.69) is 34.5 Å². The standard InChI is InChI=1S/C24H28N2O3S/c1-16-11-21(7-8-23(16)17(2)27)29-15-22-14-26(9-10-28-22)24(30)25-20-12-18-5-3-4-6-19(18)13-20/h3-8,11,20,22H,9-10,12-15H2,1-2H3,(H,25,30). The molecular formula is C24H28N2O3S. The van der Waals surface area contributed by atoms with Crippen molar-refractivity contribution in [3.05, 3.63) is 64.7 Å². The number of nitrogens with one attached hydrogen (secondary N) is 1. The summed E-state index contributed by atoms with van der Waals surface area (Å²) in [6.45, 7) is 6.07. The number of nitrogens with zero attached hydrogens (tertiary/aromatic N) is 1. The van der Waals surface area contributed by atoms with Gasteiger partial charge in [-0.25, -0.2) is 0 Å². The topological polar surface area (TPSA) is 50.8 Å². The molecule has 1 heterocycles. The lowest BCUT2D eigenvalue weighted by Crippen LogP contribution is -2.53. The van der Waals surface area contributed by atoms with E-state index < -0.39 is 0 Å². The smallest absolute Gasteiger partial charge is 0.169 e. The van der Waals surface area contributed by atoms with E-state index in [1.807, 2.05) is 25.1 Å². The van der Waals surface area contributed by atoms with Gasteiger partial charge in [0.25, 0.3) is 0 Å². The Bertz CT molecular complexity index is 921. The lowest BCUT2D eigenvalue weighted by atomic mass is 10.1. The highest BCUT2D eigenvalue weighted by molar-refractivity contribution is 7.80. The van der Waals surface area contributed by atoms with Gasteiger partial charge in [-0.2, -0.15) is 0 Å². The Morgan fingerprint density at radius 3 is 2.63 bits per heavy atom. The van der Waals surface area contributed by atoms with Crippen molar-refractivity contribution in [3.8, 4) is 5.75 Å². The molecule has 1 N–H and O–H groups in total. The van der Waals surface area contributed by atoms with Crippen LogP contribution in [0.3, 0.4) is 0 Å². The maximum Gasteiger partial charge on any atom is 0.169 e. The molecule has 1 aliphatic carbocycles. The summed E-state index contributed by atoms with van der Waals surface area (Å²) in [6, 6.07) is 14.5. The molecule has 0 bridgehead atoms. The molecule has 0 saturated carbocycles. The van der Waals surface area contributed by atoms with Crippen LogP contribution in [0.2, 0.25) is 0 Å². The Kier molecular flexibility index (Phi) is 6.35. The Morgan fingerprint density at radius 1 is 1.23 bits per heavy atom. The average molecular weight is 425 g/mol. The molecule has 0 spiro atoms. The molecule has 2 aliphatic rings. The number of benzene rings is 2. The zero-order valence-corrected chi connectivity index (χ0v) is 18.3. The summed E-state index contributed by atoms with van der Waals surface area (Å²) in [5, 5.41) is 4.34. The molecule has 0 radical (unpaired) electrons. The van der Waals surface area contributed by atoms with Crippen LogP contribution in [-0.4, -0.2) is 54.2 Å². The van der Waals surface area contributed by atoms with Gasteiger partial charge in [0.1, 0.15) is 18.5 Å². The van der Waals surface area contributed by atoms with Gasteiger partial charge in [0.2, 0.25) is 0 Å². The number of ether oxygens (including phenoxy) is 2. The first kappa shape index (κ1) is 20.8. The molecule has 0 amide bonds. The number of rotatable bonds is 5. The zero-order valence-electron chi connectivity index (χ0n) is 17.5. The number of aryl methyl sites for hydroxylation is 1. The molecule has 1 aliphatic heterocycles. The minimum absolute atomic E-state index is 0.0490. The number of thiocarbonyl (C=S) groups is 1. The zero-order chi connectivity index (χ0) is 21.1. The summed E-state index contributed by atoms with van der Waals surface area (Å²) in [7, 11) is 0. The number of carbonyl (C=O) groups excluding carboxylic acids is 1. The second kappa shape index (κ2) is 9.14. The van der Waals surface area contributed by atoms with Crippen LogP contribution in [0.25, 0.3) is 0 Å². The minimum Gasteiger partial charge on any atom is -0.491 e. The van der Waals surface area contributed by atoms with Crippen molar-refractivity contribution < 1.29 is 14.3 Å². The van der Waals surface area contributed by atoms with Crippen molar-refractivity contribution in [2.24, 2.45) is 0 Å². The summed E-state index contributed by atoms with van der Waals surface area (Å²) >= 11 is 5.69. The average Bonchev–Trinajstić information content (AvgIpc) is 3.14. The van der Waals surface area contributed by atoms with E-state index in [-0.39, 0.29) is 11.9 Å². The van der Waals surface area contributed by atoms with Crippen LogP contribution in [0.15, 0.2) is 42.5 Å². The van der Waals surface area contributed by atoms with Gasteiger partial charge in [-0.3, -0.25) is 4.79 Å². The number of ketones is 1. The largest absolute Gasteiger partial charge is 0.491 e. The summed E-state index contributed by atoms with van der Waals surface area (Å²) < 4.78 is 11.8. The molecule has 2 aromatic rings. The third kappa shape index (κ3) is 4.82. The lowest BCUT2D eigenvalue weighted by molar-refractivity contribution is -0.0289. The molecule has 158 valence electrons. The fourth-order valence-corrected chi connectivity index (χ4v) is 4.57. The first-order valence-electron chi connectivity index (χ1n) is 10.5. The quantitative estimate of drug-likeness (QED) is 0.587. The van der Waals surface area contributed by atoms with Crippen molar-refractivity contribution >= 4 is 23.1 Å². The molecule has 6 heteroatoms. The van der Waals surface area contributed by atoms with Gasteiger partial charge in [0.05, 0.1) is 6.61 Å². The van der Waals surface area contributed by atoms with Crippen molar-refractivity contribution in [1.29, 1.82) is 0 Å². The molecule has 30 heavy (non-hydrogen) atoms. The van der Waals surface area contributed by atoms with Crippen LogP contribution in [0, 0.1) is 6.92 Å². The fourth-order valence-electron chi connectivity index (χ4n) is 4.24. The van der Waals surface area contributed by atoms with Crippen LogP contribution >= 0.6 is 12.2 Å². The van der Waals surface area contributed by atoms with Gasteiger partial charge in [0.15, 0.2) is 10.9 Å². The van der Waals surface area contributed by atoms with Crippen molar-refractivity contribution in [1.82, 2.24) is 10.2 Å². The van der Waals surface area contributed by atoms with Crippen LogP contribution in [0.5, 0.6) is 5.75 Å². The molecule has 1 atom stereocenters. The first-order valence-corrected chi connectivity index (χ1v) is 10.9. The van der Waals surface area contributed by atoms with Crippen molar-refractivity contribution in [2.75, 3.05) is 26.3 Å². The maximum absolute atomic E-state index is 11.6. The number of fused-ring (bicyclic) bond motifs is 1. The van der Waals surface area contributed by atoms with E-state index >= 15 is 0 Å². The molecule has 4 rings (SSSR count). The highest BCUT2D eigenvalue weighted by atomic mass is 32.1. The summed E-state index contributed by atoms with van der Waals surface area (Å²) in [4.78, 5) is 13.8. The Hall–Kier alpha value is -2.44. The monoisotopic (exact) mass is 424 g/mol. The third-order valence-electron chi connectivity index (χ3n) is 5.82. The Balaban J connectivity index is 1.28. The van der Waals surface area contributed by atoms with Crippen molar-refractivity contribution in [3.63, 3.8) is 0 Å². The Labute approximate surface area is 183 Å². The Morgan fingerprint density at radius 2 is 1.97 bits per heavy atom. The highest BCUT2D eigenvalue weighted by Gasteiger charge is 2.26.